The SMILES string of the molecule is CNCc1ncoc1-c1cc(F)ccc1F. The topological polar surface area (TPSA) is 38.1 Å². The van der Waals surface area contributed by atoms with Crippen molar-refractivity contribution >= 4 is 0 Å². The average molecular weight is 224 g/mol. The molecule has 84 valence electrons. The summed E-state index contributed by atoms with van der Waals surface area (Å²) >= 11 is 0. The quantitative estimate of drug-likeness (QED) is 0.869. The Hall–Kier alpha value is -1.75. The molecule has 0 saturated carbocycles. The van der Waals surface area contributed by atoms with Gasteiger partial charge in [-0.05, 0) is 25.2 Å². The molecule has 0 fully saturated rings. The van der Waals surface area contributed by atoms with E-state index in [0.29, 0.717) is 12.2 Å². The van der Waals surface area contributed by atoms with Crippen LogP contribution in [0, 0.1) is 11.6 Å². The van der Waals surface area contributed by atoms with Crippen molar-refractivity contribution in [2.75, 3.05) is 7.05 Å². The lowest BCUT2D eigenvalue weighted by atomic mass is 10.1. The minimum atomic E-state index is -0.532. The number of halogens is 2. The molecule has 0 spiro atoms. The number of hydrogen-bond donors (Lipinski definition) is 1. The molecule has 0 atom stereocenters. The fourth-order valence-electron chi connectivity index (χ4n) is 1.45. The van der Waals surface area contributed by atoms with Crippen molar-refractivity contribution < 1.29 is 13.2 Å². The van der Waals surface area contributed by atoms with Crippen molar-refractivity contribution in [2.45, 2.75) is 6.54 Å². The van der Waals surface area contributed by atoms with Crippen LogP contribution in [0.2, 0.25) is 0 Å². The molecule has 16 heavy (non-hydrogen) atoms. The van der Waals surface area contributed by atoms with Gasteiger partial charge in [0.05, 0.1) is 5.56 Å². The largest absolute Gasteiger partial charge is 0.443 e. The monoisotopic (exact) mass is 224 g/mol. The van der Waals surface area contributed by atoms with E-state index in [4.69, 9.17) is 4.42 Å². The summed E-state index contributed by atoms with van der Waals surface area (Å²) in [5.41, 5.74) is 0.634. The Morgan fingerprint density at radius 3 is 2.94 bits per heavy atom. The van der Waals surface area contributed by atoms with Crippen molar-refractivity contribution in [2.24, 2.45) is 0 Å². The van der Waals surface area contributed by atoms with E-state index in [9.17, 15) is 8.78 Å². The third-order valence-corrected chi connectivity index (χ3v) is 2.16. The highest BCUT2D eigenvalue weighted by atomic mass is 19.1. The van der Waals surface area contributed by atoms with Crippen LogP contribution >= 0.6 is 0 Å². The van der Waals surface area contributed by atoms with Crippen molar-refractivity contribution in [3.8, 4) is 11.3 Å². The molecule has 1 aromatic heterocycles. The Labute approximate surface area is 91.1 Å². The van der Waals surface area contributed by atoms with Gasteiger partial charge in [0.25, 0.3) is 0 Å². The average Bonchev–Trinajstić information content (AvgIpc) is 2.70. The Morgan fingerprint density at radius 2 is 2.19 bits per heavy atom. The highest BCUT2D eigenvalue weighted by Gasteiger charge is 2.15. The van der Waals surface area contributed by atoms with Gasteiger partial charge in [0.15, 0.2) is 12.2 Å². The maximum Gasteiger partial charge on any atom is 0.181 e. The fourth-order valence-corrected chi connectivity index (χ4v) is 1.45. The first-order valence-electron chi connectivity index (χ1n) is 4.74. The molecule has 3 nitrogen and oxygen atoms in total. The van der Waals surface area contributed by atoms with Crippen LogP contribution in [0.5, 0.6) is 0 Å². The summed E-state index contributed by atoms with van der Waals surface area (Å²) in [6.07, 6.45) is 1.21. The molecular formula is C11H10F2N2O. The highest BCUT2D eigenvalue weighted by molar-refractivity contribution is 5.60. The Bertz CT molecular complexity index is 496. The van der Waals surface area contributed by atoms with Gasteiger partial charge in [-0.1, -0.05) is 0 Å². The van der Waals surface area contributed by atoms with Gasteiger partial charge in [-0.3, -0.25) is 0 Å². The van der Waals surface area contributed by atoms with E-state index in [1.54, 1.807) is 7.05 Å². The Kier molecular flexibility index (Phi) is 2.96. The molecular weight excluding hydrogens is 214 g/mol. The lowest BCUT2D eigenvalue weighted by Crippen LogP contribution is -2.06. The lowest BCUT2D eigenvalue weighted by Gasteiger charge is -2.02. The summed E-state index contributed by atoms with van der Waals surface area (Å²) in [6, 6.07) is 3.22. The molecule has 0 amide bonds. The summed E-state index contributed by atoms with van der Waals surface area (Å²) in [4.78, 5) is 3.93. The third-order valence-electron chi connectivity index (χ3n) is 2.16. The summed E-state index contributed by atoms with van der Waals surface area (Å²) in [5, 5.41) is 2.88. The molecule has 5 heteroatoms. The van der Waals surface area contributed by atoms with Gasteiger partial charge in [0.1, 0.15) is 17.3 Å². The third kappa shape index (κ3) is 1.94. The zero-order chi connectivity index (χ0) is 11.5. The highest BCUT2D eigenvalue weighted by Crippen LogP contribution is 2.26. The van der Waals surface area contributed by atoms with Crippen LogP contribution in [-0.2, 0) is 6.54 Å². The first kappa shape index (κ1) is 10.8. The Balaban J connectivity index is 2.49. The van der Waals surface area contributed by atoms with Crippen LogP contribution in [0.15, 0.2) is 29.0 Å². The van der Waals surface area contributed by atoms with Crippen molar-refractivity contribution in [3.63, 3.8) is 0 Å². The minimum absolute atomic E-state index is 0.0859. The molecule has 0 aliphatic heterocycles. The molecule has 1 heterocycles. The molecule has 0 bridgehead atoms. The van der Waals surface area contributed by atoms with E-state index < -0.39 is 11.6 Å². The number of oxazole rings is 1. The van der Waals surface area contributed by atoms with Crippen molar-refractivity contribution in [3.05, 3.63) is 41.9 Å². The number of benzene rings is 1. The number of nitrogens with zero attached hydrogens (tertiary/aromatic N) is 1. The molecule has 1 aromatic carbocycles. The molecule has 0 radical (unpaired) electrons. The van der Waals surface area contributed by atoms with Gasteiger partial charge in [0, 0.05) is 6.54 Å². The van der Waals surface area contributed by atoms with Crippen molar-refractivity contribution in [1.82, 2.24) is 10.3 Å². The van der Waals surface area contributed by atoms with Gasteiger partial charge < -0.3 is 9.73 Å². The first-order valence-corrected chi connectivity index (χ1v) is 4.74. The first-order chi connectivity index (χ1) is 7.72. The maximum absolute atomic E-state index is 13.5. The van der Waals surface area contributed by atoms with E-state index >= 15 is 0 Å². The normalized spacial score (nSPS) is 10.7. The van der Waals surface area contributed by atoms with Crippen LogP contribution < -0.4 is 5.32 Å². The van der Waals surface area contributed by atoms with Crippen LogP contribution in [0.3, 0.4) is 0 Å². The van der Waals surface area contributed by atoms with Crippen molar-refractivity contribution in [1.29, 1.82) is 0 Å². The summed E-state index contributed by atoms with van der Waals surface area (Å²) in [7, 11) is 1.74. The molecule has 0 saturated heterocycles. The maximum atomic E-state index is 13.5. The molecule has 2 aromatic rings. The molecule has 2 rings (SSSR count). The zero-order valence-corrected chi connectivity index (χ0v) is 8.63. The standard InChI is InChI=1S/C11H10F2N2O/c1-14-5-10-11(16-6-15-10)8-4-7(12)2-3-9(8)13/h2-4,6,14H,5H2,1H3. The lowest BCUT2D eigenvalue weighted by molar-refractivity contribution is 0.555. The second kappa shape index (κ2) is 4.40. The van der Waals surface area contributed by atoms with E-state index in [0.717, 1.165) is 18.2 Å². The van der Waals surface area contributed by atoms with Gasteiger partial charge >= 0.3 is 0 Å². The zero-order valence-electron chi connectivity index (χ0n) is 8.63. The number of rotatable bonds is 3. The summed E-state index contributed by atoms with van der Waals surface area (Å²) < 4.78 is 31.6. The van der Waals surface area contributed by atoms with E-state index in [-0.39, 0.29) is 11.3 Å². The second-order valence-corrected chi connectivity index (χ2v) is 3.28. The van der Waals surface area contributed by atoms with Gasteiger partial charge in [-0.15, -0.1) is 0 Å². The predicted octanol–water partition coefficient (Wildman–Crippen LogP) is 2.34. The van der Waals surface area contributed by atoms with E-state index in [1.807, 2.05) is 0 Å². The number of hydrogen-bond acceptors (Lipinski definition) is 3. The molecule has 0 unspecified atom stereocenters. The number of aromatic nitrogens is 1. The van der Waals surface area contributed by atoms with Gasteiger partial charge in [0.2, 0.25) is 0 Å². The predicted molar refractivity (Wildman–Crippen MR) is 54.6 cm³/mol. The van der Waals surface area contributed by atoms with Crippen LogP contribution in [0.4, 0.5) is 8.78 Å². The van der Waals surface area contributed by atoms with E-state index in [1.165, 1.54) is 6.39 Å². The van der Waals surface area contributed by atoms with E-state index in [2.05, 4.69) is 10.3 Å². The molecule has 1 N–H and O–H groups in total. The van der Waals surface area contributed by atoms with Crippen LogP contribution in [0.25, 0.3) is 11.3 Å². The van der Waals surface area contributed by atoms with Gasteiger partial charge in [-0.25, -0.2) is 13.8 Å². The van der Waals surface area contributed by atoms with Crippen LogP contribution in [-0.4, -0.2) is 12.0 Å². The second-order valence-electron chi connectivity index (χ2n) is 3.28. The summed E-state index contributed by atoms with van der Waals surface area (Å²) in [6.45, 7) is 0.432. The Morgan fingerprint density at radius 1 is 1.38 bits per heavy atom. The van der Waals surface area contributed by atoms with Crippen LogP contribution in [0.1, 0.15) is 5.69 Å². The summed E-state index contributed by atoms with van der Waals surface area (Å²) in [5.74, 6) is -0.787. The van der Waals surface area contributed by atoms with Gasteiger partial charge in [-0.2, -0.15) is 0 Å². The molecule has 0 aliphatic carbocycles. The smallest absolute Gasteiger partial charge is 0.181 e. The minimum Gasteiger partial charge on any atom is -0.443 e. The number of nitrogens with one attached hydrogen (secondary N) is 1. The fraction of sp³-hybridized carbons (Fsp3) is 0.182. The molecule has 0 aliphatic rings.